The molecular formula is C17H14N2O2. The van der Waals surface area contributed by atoms with Gasteiger partial charge in [0.05, 0.1) is 11.4 Å². The van der Waals surface area contributed by atoms with E-state index in [1.807, 2.05) is 72.8 Å². The number of carboxylic acid groups (broad SMARTS) is 1. The summed E-state index contributed by atoms with van der Waals surface area (Å²) in [6.45, 7) is 0. The largest absolute Gasteiger partial charge is 0.464 e. The molecule has 0 radical (unpaired) electrons. The summed E-state index contributed by atoms with van der Waals surface area (Å²) < 4.78 is 1.59. The molecule has 0 atom stereocenters. The maximum atomic E-state index is 11.1. The molecule has 0 saturated carbocycles. The molecule has 0 aliphatic rings. The topological polar surface area (TPSA) is 54.3 Å². The second kappa shape index (κ2) is 5.54. The maximum absolute atomic E-state index is 11.1. The first-order chi connectivity index (χ1) is 10.3. The number of amides is 1. The van der Waals surface area contributed by atoms with Crippen molar-refractivity contribution in [3.8, 4) is 22.5 Å². The van der Waals surface area contributed by atoms with Gasteiger partial charge in [0, 0.05) is 11.1 Å². The van der Waals surface area contributed by atoms with Crippen LogP contribution in [0.2, 0.25) is 0 Å². The van der Waals surface area contributed by atoms with Gasteiger partial charge in [0.1, 0.15) is 0 Å². The Morgan fingerprint density at radius 3 is 1.57 bits per heavy atom. The molecular weight excluding hydrogens is 264 g/mol. The van der Waals surface area contributed by atoms with Gasteiger partial charge in [0.2, 0.25) is 0 Å². The van der Waals surface area contributed by atoms with Crippen LogP contribution in [0.5, 0.6) is 0 Å². The van der Waals surface area contributed by atoms with Gasteiger partial charge >= 0.3 is 6.09 Å². The third-order valence-corrected chi connectivity index (χ3v) is 3.23. The van der Waals surface area contributed by atoms with Crippen molar-refractivity contribution >= 4 is 6.09 Å². The first-order valence-corrected chi connectivity index (χ1v) is 6.58. The van der Waals surface area contributed by atoms with E-state index in [4.69, 9.17) is 5.11 Å². The highest BCUT2D eigenvalue weighted by atomic mass is 16.4. The Hall–Kier alpha value is -3.01. The first-order valence-electron chi connectivity index (χ1n) is 6.58. The molecule has 104 valence electrons. The van der Waals surface area contributed by atoms with Crippen LogP contribution in [0.25, 0.3) is 22.5 Å². The zero-order chi connectivity index (χ0) is 14.7. The predicted octanol–water partition coefficient (Wildman–Crippen LogP) is 4.04. The lowest BCUT2D eigenvalue weighted by atomic mass is 10.2. The van der Waals surface area contributed by atoms with Gasteiger partial charge in [-0.15, -0.1) is 0 Å². The van der Waals surface area contributed by atoms with Crippen molar-refractivity contribution in [1.29, 1.82) is 0 Å². The Morgan fingerprint density at radius 1 is 0.762 bits per heavy atom. The zero-order valence-corrected chi connectivity index (χ0v) is 11.2. The summed E-state index contributed by atoms with van der Waals surface area (Å²) in [5.41, 5.74) is 5.96. The van der Waals surface area contributed by atoms with Gasteiger partial charge in [-0.3, -0.25) is 0 Å². The van der Waals surface area contributed by atoms with Crippen LogP contribution in [0.1, 0.15) is 0 Å². The number of nitrogens with one attached hydrogen (secondary N) is 1. The highest BCUT2D eigenvalue weighted by Crippen LogP contribution is 2.27. The molecule has 3 aromatic rings. The number of aromatic nitrogens is 1. The molecule has 0 unspecified atom stereocenters. The molecule has 4 heteroatoms. The molecule has 0 aliphatic carbocycles. The van der Waals surface area contributed by atoms with Gasteiger partial charge in [0.25, 0.3) is 0 Å². The second-order valence-corrected chi connectivity index (χ2v) is 4.59. The van der Waals surface area contributed by atoms with Crippen LogP contribution >= 0.6 is 0 Å². The smallest absolute Gasteiger partial charge is 0.423 e. The number of nitrogens with zero attached hydrogens (tertiary/aromatic N) is 1. The highest BCUT2D eigenvalue weighted by molar-refractivity contribution is 5.78. The fourth-order valence-electron chi connectivity index (χ4n) is 2.32. The van der Waals surface area contributed by atoms with Crippen LogP contribution in [0, 0.1) is 0 Å². The predicted molar refractivity (Wildman–Crippen MR) is 82.7 cm³/mol. The summed E-state index contributed by atoms with van der Waals surface area (Å²) in [7, 11) is 0. The van der Waals surface area contributed by atoms with Crippen LogP contribution in [-0.4, -0.2) is 15.9 Å². The number of rotatable bonds is 3. The average molecular weight is 278 g/mol. The van der Waals surface area contributed by atoms with Gasteiger partial charge in [-0.25, -0.2) is 14.9 Å². The van der Waals surface area contributed by atoms with E-state index in [0.29, 0.717) is 0 Å². The molecule has 1 heterocycles. The summed E-state index contributed by atoms with van der Waals surface area (Å²) >= 11 is 0. The molecule has 0 fully saturated rings. The number of benzene rings is 2. The van der Waals surface area contributed by atoms with Crippen molar-refractivity contribution in [2.75, 3.05) is 5.43 Å². The minimum atomic E-state index is -1.10. The summed E-state index contributed by atoms with van der Waals surface area (Å²) in [5.74, 6) is 0. The molecule has 2 aromatic carbocycles. The Kier molecular flexibility index (Phi) is 3.43. The van der Waals surface area contributed by atoms with Crippen molar-refractivity contribution in [1.82, 2.24) is 4.68 Å². The Morgan fingerprint density at radius 2 is 1.19 bits per heavy atom. The Balaban J connectivity index is 2.14. The summed E-state index contributed by atoms with van der Waals surface area (Å²) in [4.78, 5) is 11.1. The molecule has 3 rings (SSSR count). The molecule has 0 saturated heterocycles. The van der Waals surface area contributed by atoms with E-state index in [1.165, 1.54) is 0 Å². The highest BCUT2D eigenvalue weighted by Gasteiger charge is 2.13. The average Bonchev–Trinajstić information content (AvgIpc) is 2.92. The van der Waals surface area contributed by atoms with Crippen LogP contribution in [-0.2, 0) is 0 Å². The Labute approximate surface area is 122 Å². The van der Waals surface area contributed by atoms with Gasteiger partial charge in [-0.2, -0.15) is 0 Å². The van der Waals surface area contributed by atoms with E-state index in [-0.39, 0.29) is 0 Å². The fourth-order valence-corrected chi connectivity index (χ4v) is 2.32. The van der Waals surface area contributed by atoms with Crippen molar-refractivity contribution in [3.05, 3.63) is 72.8 Å². The van der Waals surface area contributed by atoms with Gasteiger partial charge < -0.3 is 5.11 Å². The minimum absolute atomic E-state index is 0.803. The van der Waals surface area contributed by atoms with E-state index >= 15 is 0 Å². The van der Waals surface area contributed by atoms with Crippen molar-refractivity contribution < 1.29 is 9.90 Å². The summed E-state index contributed by atoms with van der Waals surface area (Å²) in [6, 6.07) is 23.2. The summed E-state index contributed by atoms with van der Waals surface area (Å²) in [6.07, 6.45) is -1.10. The summed E-state index contributed by atoms with van der Waals surface area (Å²) in [5, 5.41) is 9.10. The molecule has 0 aliphatic heterocycles. The Bertz CT molecular complexity index is 692. The van der Waals surface area contributed by atoms with Crippen LogP contribution in [0.15, 0.2) is 72.8 Å². The van der Waals surface area contributed by atoms with Crippen molar-refractivity contribution in [2.45, 2.75) is 0 Å². The van der Waals surface area contributed by atoms with E-state index in [0.717, 1.165) is 22.5 Å². The second-order valence-electron chi connectivity index (χ2n) is 4.59. The number of hydrogen-bond acceptors (Lipinski definition) is 1. The molecule has 1 aromatic heterocycles. The lowest BCUT2D eigenvalue weighted by Gasteiger charge is -2.13. The van der Waals surface area contributed by atoms with E-state index in [1.54, 1.807) is 4.68 Å². The fraction of sp³-hybridized carbons (Fsp3) is 0. The van der Waals surface area contributed by atoms with E-state index in [2.05, 4.69) is 5.43 Å². The molecule has 21 heavy (non-hydrogen) atoms. The third kappa shape index (κ3) is 2.65. The van der Waals surface area contributed by atoms with E-state index in [9.17, 15) is 4.79 Å². The monoisotopic (exact) mass is 278 g/mol. The lowest BCUT2D eigenvalue weighted by Crippen LogP contribution is -2.22. The molecule has 0 spiro atoms. The lowest BCUT2D eigenvalue weighted by molar-refractivity contribution is 0.206. The molecule has 1 amide bonds. The van der Waals surface area contributed by atoms with Gasteiger partial charge in [-0.1, -0.05) is 60.7 Å². The zero-order valence-electron chi connectivity index (χ0n) is 11.2. The van der Waals surface area contributed by atoms with Crippen LogP contribution in [0.3, 0.4) is 0 Å². The van der Waals surface area contributed by atoms with Crippen molar-refractivity contribution in [3.63, 3.8) is 0 Å². The quantitative estimate of drug-likeness (QED) is 0.759. The number of hydrogen-bond donors (Lipinski definition) is 2. The normalized spacial score (nSPS) is 10.3. The minimum Gasteiger partial charge on any atom is -0.464 e. The van der Waals surface area contributed by atoms with Crippen molar-refractivity contribution in [2.24, 2.45) is 0 Å². The number of carbonyl (C=O) groups is 1. The third-order valence-electron chi connectivity index (χ3n) is 3.23. The van der Waals surface area contributed by atoms with Gasteiger partial charge in [0.15, 0.2) is 0 Å². The van der Waals surface area contributed by atoms with Crippen LogP contribution in [0.4, 0.5) is 4.79 Å². The standard InChI is InChI=1S/C17H14N2O2/c20-17(21)18-19-15(13-7-3-1-4-8-13)11-12-16(19)14-9-5-2-6-10-14/h1-12,18H,(H,20,21). The SMILES string of the molecule is O=C(O)Nn1c(-c2ccccc2)ccc1-c1ccccc1. The molecule has 0 bridgehead atoms. The molecule has 2 N–H and O–H groups in total. The maximum Gasteiger partial charge on any atom is 0.423 e. The van der Waals surface area contributed by atoms with Gasteiger partial charge in [-0.05, 0) is 12.1 Å². The van der Waals surface area contributed by atoms with E-state index < -0.39 is 6.09 Å². The van der Waals surface area contributed by atoms with Crippen LogP contribution < -0.4 is 5.43 Å². The molecule has 4 nitrogen and oxygen atoms in total. The first kappa shape index (κ1) is 13.0.